The van der Waals surface area contributed by atoms with Crippen LogP contribution in [0.2, 0.25) is 5.15 Å². The summed E-state index contributed by atoms with van der Waals surface area (Å²) in [7, 11) is 0. The van der Waals surface area contributed by atoms with Gasteiger partial charge in [-0.05, 0) is 16.3 Å². The van der Waals surface area contributed by atoms with Crippen LogP contribution in [0.1, 0.15) is 5.56 Å². The number of anilines is 2. The first-order chi connectivity index (χ1) is 12.2. The Hall–Kier alpha value is -2.37. The predicted octanol–water partition coefficient (Wildman–Crippen LogP) is 3.19. The molecule has 25 heavy (non-hydrogen) atoms. The predicted molar refractivity (Wildman–Crippen MR) is 103 cm³/mol. The lowest BCUT2D eigenvalue weighted by Crippen LogP contribution is -2.46. The number of nitrogens with zero attached hydrogens (tertiary/aromatic N) is 4. The van der Waals surface area contributed by atoms with E-state index in [0.29, 0.717) is 5.15 Å². The summed E-state index contributed by atoms with van der Waals surface area (Å²) in [6, 6.07) is 16.9. The minimum atomic E-state index is 0.223. The topological polar surface area (TPSA) is 58.3 Å². The molecule has 1 aliphatic rings. The zero-order chi connectivity index (χ0) is 17.2. The van der Waals surface area contributed by atoms with Gasteiger partial charge in [0.2, 0.25) is 5.95 Å². The normalized spacial score (nSPS) is 15.6. The summed E-state index contributed by atoms with van der Waals surface area (Å²) in [6.45, 7) is 4.71. The van der Waals surface area contributed by atoms with Gasteiger partial charge in [-0.3, -0.25) is 4.90 Å². The molecule has 0 radical (unpaired) electrons. The molecule has 1 aliphatic heterocycles. The molecule has 6 heteroatoms. The van der Waals surface area contributed by atoms with Crippen LogP contribution in [0.3, 0.4) is 0 Å². The number of nitrogen functional groups attached to an aromatic ring is 1. The Bertz CT molecular complexity index is 864. The van der Waals surface area contributed by atoms with Crippen LogP contribution in [0.5, 0.6) is 0 Å². The van der Waals surface area contributed by atoms with Gasteiger partial charge in [-0.1, -0.05) is 54.1 Å². The molecule has 0 bridgehead atoms. The maximum absolute atomic E-state index is 5.99. The van der Waals surface area contributed by atoms with Crippen LogP contribution in [0.15, 0.2) is 48.5 Å². The second-order valence-corrected chi connectivity index (χ2v) is 6.70. The third-order valence-corrected chi connectivity index (χ3v) is 4.86. The maximum Gasteiger partial charge on any atom is 0.223 e. The second kappa shape index (κ2) is 6.86. The Kier molecular flexibility index (Phi) is 4.42. The van der Waals surface area contributed by atoms with E-state index in [9.17, 15) is 0 Å². The first-order valence-corrected chi connectivity index (χ1v) is 8.81. The molecule has 0 amide bonds. The molecule has 1 aromatic heterocycles. The number of nitrogens with two attached hydrogens (primary N) is 1. The van der Waals surface area contributed by atoms with Gasteiger partial charge in [-0.25, -0.2) is 4.98 Å². The van der Waals surface area contributed by atoms with Crippen LogP contribution in [-0.4, -0.2) is 41.0 Å². The van der Waals surface area contributed by atoms with Gasteiger partial charge in [0.05, 0.1) is 0 Å². The molecule has 0 atom stereocenters. The molecule has 0 unspecified atom stereocenters. The van der Waals surface area contributed by atoms with Crippen LogP contribution >= 0.6 is 11.6 Å². The van der Waals surface area contributed by atoms with E-state index in [1.54, 1.807) is 6.07 Å². The van der Waals surface area contributed by atoms with Gasteiger partial charge in [0, 0.05) is 38.8 Å². The van der Waals surface area contributed by atoms with Gasteiger partial charge in [-0.2, -0.15) is 4.98 Å². The molecule has 2 heterocycles. The van der Waals surface area contributed by atoms with E-state index in [2.05, 4.69) is 62.2 Å². The molecule has 5 nitrogen and oxygen atoms in total. The monoisotopic (exact) mass is 353 g/mol. The van der Waals surface area contributed by atoms with Crippen molar-refractivity contribution in [1.29, 1.82) is 0 Å². The summed E-state index contributed by atoms with van der Waals surface area (Å²) in [5.74, 6) is 1.03. The Labute approximate surface area is 152 Å². The standard InChI is InChI=1S/C19H20ClN5/c20-17-12-18(23-19(21)22-17)25-10-8-24(9-11-25)13-15-6-3-5-14-4-1-2-7-16(14)15/h1-7,12H,8-11,13H2,(H2,21,22,23). The van der Waals surface area contributed by atoms with Crippen LogP contribution in [-0.2, 0) is 6.54 Å². The zero-order valence-corrected chi connectivity index (χ0v) is 14.7. The molecule has 128 valence electrons. The van der Waals surface area contributed by atoms with E-state index in [1.165, 1.54) is 16.3 Å². The van der Waals surface area contributed by atoms with Crippen LogP contribution in [0.25, 0.3) is 10.8 Å². The van der Waals surface area contributed by atoms with Crippen LogP contribution in [0.4, 0.5) is 11.8 Å². The Morgan fingerprint density at radius 3 is 2.52 bits per heavy atom. The smallest absolute Gasteiger partial charge is 0.223 e. The highest BCUT2D eigenvalue weighted by molar-refractivity contribution is 6.29. The number of piperazine rings is 1. The van der Waals surface area contributed by atoms with E-state index in [4.69, 9.17) is 17.3 Å². The highest BCUT2D eigenvalue weighted by atomic mass is 35.5. The van der Waals surface area contributed by atoms with Crippen molar-refractivity contribution in [3.63, 3.8) is 0 Å². The summed E-state index contributed by atoms with van der Waals surface area (Å²) in [5.41, 5.74) is 7.08. The number of aromatic nitrogens is 2. The average Bonchev–Trinajstić information content (AvgIpc) is 2.62. The Morgan fingerprint density at radius 2 is 1.72 bits per heavy atom. The lowest BCUT2D eigenvalue weighted by molar-refractivity contribution is 0.250. The lowest BCUT2D eigenvalue weighted by Gasteiger charge is -2.35. The van der Waals surface area contributed by atoms with Gasteiger partial charge in [0.25, 0.3) is 0 Å². The number of hydrogen-bond acceptors (Lipinski definition) is 5. The maximum atomic E-state index is 5.99. The fraction of sp³-hybridized carbons (Fsp3) is 0.263. The highest BCUT2D eigenvalue weighted by Crippen LogP contribution is 2.22. The van der Waals surface area contributed by atoms with Gasteiger partial charge < -0.3 is 10.6 Å². The van der Waals surface area contributed by atoms with Crippen molar-refractivity contribution < 1.29 is 0 Å². The number of hydrogen-bond donors (Lipinski definition) is 1. The van der Waals surface area contributed by atoms with Gasteiger partial charge in [-0.15, -0.1) is 0 Å². The summed E-state index contributed by atoms with van der Waals surface area (Å²) < 4.78 is 0. The van der Waals surface area contributed by atoms with E-state index in [-0.39, 0.29) is 5.95 Å². The van der Waals surface area contributed by atoms with Crippen LogP contribution < -0.4 is 10.6 Å². The molecule has 2 N–H and O–H groups in total. The average molecular weight is 354 g/mol. The zero-order valence-electron chi connectivity index (χ0n) is 13.9. The molecule has 1 fully saturated rings. The third-order valence-electron chi connectivity index (χ3n) is 4.67. The lowest BCUT2D eigenvalue weighted by atomic mass is 10.0. The molecule has 1 saturated heterocycles. The van der Waals surface area contributed by atoms with Crippen molar-refractivity contribution in [3.8, 4) is 0 Å². The number of rotatable bonds is 3. The minimum Gasteiger partial charge on any atom is -0.368 e. The summed E-state index contributed by atoms with van der Waals surface area (Å²) in [5, 5.41) is 3.02. The molecule has 3 aromatic rings. The third kappa shape index (κ3) is 3.52. The number of fused-ring (bicyclic) bond motifs is 1. The van der Waals surface area contributed by atoms with E-state index < -0.39 is 0 Å². The van der Waals surface area contributed by atoms with E-state index in [0.717, 1.165) is 38.5 Å². The fourth-order valence-electron chi connectivity index (χ4n) is 3.39. The van der Waals surface area contributed by atoms with E-state index >= 15 is 0 Å². The van der Waals surface area contributed by atoms with Crippen molar-refractivity contribution in [2.24, 2.45) is 0 Å². The molecular formula is C19H20ClN5. The summed E-state index contributed by atoms with van der Waals surface area (Å²) in [4.78, 5) is 12.9. The van der Waals surface area contributed by atoms with Gasteiger partial charge >= 0.3 is 0 Å². The van der Waals surface area contributed by atoms with Crippen molar-refractivity contribution in [2.45, 2.75) is 6.54 Å². The first kappa shape index (κ1) is 16.1. The van der Waals surface area contributed by atoms with Crippen molar-refractivity contribution >= 4 is 34.1 Å². The molecule has 2 aromatic carbocycles. The summed E-state index contributed by atoms with van der Waals surface area (Å²) >= 11 is 5.99. The highest BCUT2D eigenvalue weighted by Gasteiger charge is 2.19. The molecule has 0 aliphatic carbocycles. The van der Waals surface area contributed by atoms with Crippen molar-refractivity contribution in [2.75, 3.05) is 36.8 Å². The molecule has 0 saturated carbocycles. The first-order valence-electron chi connectivity index (χ1n) is 8.43. The largest absolute Gasteiger partial charge is 0.368 e. The Balaban J connectivity index is 1.45. The van der Waals surface area contributed by atoms with Crippen molar-refractivity contribution in [3.05, 3.63) is 59.2 Å². The van der Waals surface area contributed by atoms with Gasteiger partial charge in [0.1, 0.15) is 11.0 Å². The minimum absolute atomic E-state index is 0.223. The quantitative estimate of drug-likeness (QED) is 0.733. The van der Waals surface area contributed by atoms with Crippen molar-refractivity contribution in [1.82, 2.24) is 14.9 Å². The SMILES string of the molecule is Nc1nc(Cl)cc(N2CCN(Cc3cccc4ccccc34)CC2)n1. The summed E-state index contributed by atoms with van der Waals surface area (Å²) in [6.07, 6.45) is 0. The van der Waals surface area contributed by atoms with Gasteiger partial charge in [0.15, 0.2) is 0 Å². The molecule has 4 rings (SSSR count). The Morgan fingerprint density at radius 1 is 0.960 bits per heavy atom. The van der Waals surface area contributed by atoms with E-state index in [1.807, 2.05) is 0 Å². The fourth-order valence-corrected chi connectivity index (χ4v) is 3.58. The number of benzene rings is 2. The molecule has 0 spiro atoms. The number of halogens is 1. The van der Waals surface area contributed by atoms with Crippen LogP contribution in [0, 0.1) is 0 Å². The second-order valence-electron chi connectivity index (χ2n) is 6.31. The molecular weight excluding hydrogens is 334 g/mol.